The Balaban J connectivity index is 3.41. The molecule has 0 N–H and O–H groups in total. The molecule has 0 aliphatic carbocycles. The molecule has 0 aliphatic rings. The van der Waals surface area contributed by atoms with Gasteiger partial charge in [-0.2, -0.15) is 8.42 Å². The lowest BCUT2D eigenvalue weighted by Gasteiger charge is -2.07. The molecule has 0 radical (unpaired) electrons. The third-order valence-corrected chi connectivity index (χ3v) is 3.32. The van der Waals surface area contributed by atoms with Crippen molar-refractivity contribution in [2.75, 3.05) is 6.61 Å². The van der Waals surface area contributed by atoms with Gasteiger partial charge >= 0.3 is 0 Å². The fraction of sp³-hybridized carbons (Fsp3) is 0.222. The molecule has 86 valence electrons. The number of benzene rings is 1. The molecule has 1 aromatic rings. The summed E-state index contributed by atoms with van der Waals surface area (Å²) < 4.78 is 31.6. The highest BCUT2D eigenvalue weighted by molar-refractivity contribution is 9.10. The molecule has 0 amide bonds. The van der Waals surface area contributed by atoms with Crippen molar-refractivity contribution in [3.8, 4) is 5.75 Å². The van der Waals surface area contributed by atoms with E-state index in [1.165, 1.54) is 12.1 Å². The second-order valence-electron chi connectivity index (χ2n) is 2.68. The van der Waals surface area contributed by atoms with Crippen LogP contribution in [0.2, 0.25) is 0 Å². The number of nitrogens with zero attached hydrogens (tertiary/aromatic N) is 1. The van der Waals surface area contributed by atoms with Gasteiger partial charge in [0, 0.05) is 4.47 Å². The Kier molecular flexibility index (Phi) is 4.23. The number of carbonyl (C=O) groups excluding carboxylic acids is 1. The molecule has 0 atom stereocenters. The maximum atomic E-state index is 11.6. The summed E-state index contributed by atoms with van der Waals surface area (Å²) in [7, 11) is -4.04. The summed E-state index contributed by atoms with van der Waals surface area (Å²) in [6.07, 6.45) is 1.01. The van der Waals surface area contributed by atoms with Gasteiger partial charge in [-0.15, -0.1) is 0 Å². The van der Waals surface area contributed by atoms with E-state index in [0.717, 1.165) is 6.08 Å². The molecular formula is C9H8BrNO4S. The van der Waals surface area contributed by atoms with Crippen molar-refractivity contribution in [1.82, 2.24) is 0 Å². The van der Waals surface area contributed by atoms with Crippen LogP contribution in [0.1, 0.15) is 6.92 Å². The number of ether oxygens (including phenoxy) is 1. The Hall–Kier alpha value is -1.17. The van der Waals surface area contributed by atoms with Crippen LogP contribution in [-0.2, 0) is 14.8 Å². The van der Waals surface area contributed by atoms with Crippen LogP contribution in [0.3, 0.4) is 0 Å². The molecule has 0 saturated carbocycles. The van der Waals surface area contributed by atoms with Gasteiger partial charge in [0.15, 0.2) is 0 Å². The summed E-state index contributed by atoms with van der Waals surface area (Å²) >= 11 is 3.13. The quantitative estimate of drug-likeness (QED) is 0.629. The first-order chi connectivity index (χ1) is 7.51. The molecule has 0 aromatic heterocycles. The van der Waals surface area contributed by atoms with Gasteiger partial charge in [0.05, 0.1) is 6.61 Å². The van der Waals surface area contributed by atoms with E-state index in [-0.39, 0.29) is 10.6 Å². The summed E-state index contributed by atoms with van der Waals surface area (Å²) in [5, 5.41) is 0. The van der Waals surface area contributed by atoms with Gasteiger partial charge in [0.25, 0.3) is 16.1 Å². The van der Waals surface area contributed by atoms with Crippen molar-refractivity contribution in [2.45, 2.75) is 11.8 Å². The molecule has 0 fully saturated rings. The molecule has 0 spiro atoms. The predicted molar refractivity (Wildman–Crippen MR) is 60.6 cm³/mol. The Morgan fingerprint density at radius 1 is 1.50 bits per heavy atom. The van der Waals surface area contributed by atoms with Crippen molar-refractivity contribution in [3.63, 3.8) is 0 Å². The summed E-state index contributed by atoms with van der Waals surface area (Å²) in [4.78, 5) is 9.86. The number of hydrogen-bond acceptors (Lipinski definition) is 4. The zero-order chi connectivity index (χ0) is 12.2. The minimum Gasteiger partial charge on any atom is -0.492 e. The Labute approximate surface area is 101 Å². The van der Waals surface area contributed by atoms with E-state index in [4.69, 9.17) is 4.74 Å². The lowest BCUT2D eigenvalue weighted by Crippen LogP contribution is -2.02. The zero-order valence-electron chi connectivity index (χ0n) is 8.31. The van der Waals surface area contributed by atoms with Gasteiger partial charge in [-0.25, -0.2) is 4.79 Å². The fourth-order valence-corrected chi connectivity index (χ4v) is 2.42. The highest BCUT2D eigenvalue weighted by Crippen LogP contribution is 2.28. The summed E-state index contributed by atoms with van der Waals surface area (Å²) in [5.74, 6) is 0.157. The lowest BCUT2D eigenvalue weighted by atomic mass is 10.3. The molecule has 0 aliphatic heterocycles. The van der Waals surface area contributed by atoms with Crippen LogP contribution in [0.15, 0.2) is 32.0 Å². The van der Waals surface area contributed by atoms with Crippen molar-refractivity contribution >= 4 is 32.0 Å². The average Bonchev–Trinajstić information content (AvgIpc) is 2.21. The molecule has 5 nitrogen and oxygen atoms in total. The third kappa shape index (κ3) is 2.91. The second kappa shape index (κ2) is 5.25. The van der Waals surface area contributed by atoms with Gasteiger partial charge in [-0.1, -0.05) is 20.3 Å². The first-order valence-corrected chi connectivity index (χ1v) is 6.51. The van der Waals surface area contributed by atoms with Crippen LogP contribution in [-0.4, -0.2) is 21.1 Å². The molecule has 1 rings (SSSR count). The maximum Gasteiger partial charge on any atom is 0.296 e. The standard InChI is InChI=1S/C9H8BrNO4S/c1-2-15-8-4-3-7(10)5-9(8)16(13,14)11-6-12/h3-5H,2H2,1H3. The van der Waals surface area contributed by atoms with Crippen LogP contribution in [0.4, 0.5) is 0 Å². The highest BCUT2D eigenvalue weighted by atomic mass is 79.9. The van der Waals surface area contributed by atoms with E-state index in [2.05, 4.69) is 20.3 Å². The van der Waals surface area contributed by atoms with E-state index >= 15 is 0 Å². The van der Waals surface area contributed by atoms with Gasteiger partial charge < -0.3 is 4.74 Å². The predicted octanol–water partition coefficient (Wildman–Crippen LogP) is 1.87. The Morgan fingerprint density at radius 2 is 2.19 bits per heavy atom. The summed E-state index contributed by atoms with van der Waals surface area (Å²) in [6.45, 7) is 2.04. The second-order valence-corrected chi connectivity index (χ2v) is 5.17. The van der Waals surface area contributed by atoms with Crippen LogP contribution in [0, 0.1) is 0 Å². The van der Waals surface area contributed by atoms with Crippen LogP contribution >= 0.6 is 15.9 Å². The van der Waals surface area contributed by atoms with E-state index in [9.17, 15) is 13.2 Å². The van der Waals surface area contributed by atoms with Crippen LogP contribution in [0.5, 0.6) is 5.75 Å². The minimum absolute atomic E-state index is 0.157. The average molecular weight is 306 g/mol. The maximum absolute atomic E-state index is 11.6. The van der Waals surface area contributed by atoms with Gasteiger partial charge in [0.1, 0.15) is 10.6 Å². The molecule has 0 unspecified atom stereocenters. The molecule has 16 heavy (non-hydrogen) atoms. The van der Waals surface area contributed by atoms with Crippen molar-refractivity contribution < 1.29 is 17.9 Å². The van der Waals surface area contributed by atoms with Crippen molar-refractivity contribution in [3.05, 3.63) is 22.7 Å². The fourth-order valence-electron chi connectivity index (χ4n) is 1.06. The number of sulfonamides is 1. The molecule has 1 aromatic carbocycles. The van der Waals surface area contributed by atoms with Gasteiger partial charge in [-0.05, 0) is 25.1 Å². The van der Waals surface area contributed by atoms with E-state index in [1.807, 2.05) is 0 Å². The van der Waals surface area contributed by atoms with Crippen molar-refractivity contribution in [2.24, 2.45) is 4.40 Å². The first kappa shape index (κ1) is 12.9. The van der Waals surface area contributed by atoms with Crippen LogP contribution in [0.25, 0.3) is 0 Å². The van der Waals surface area contributed by atoms with Gasteiger partial charge in [-0.3, -0.25) is 0 Å². The molecule has 0 heterocycles. The summed E-state index contributed by atoms with van der Waals surface area (Å²) in [5.41, 5.74) is 0. The Bertz CT molecular complexity index is 534. The molecule has 7 heteroatoms. The van der Waals surface area contributed by atoms with Crippen LogP contribution < -0.4 is 4.74 Å². The lowest BCUT2D eigenvalue weighted by molar-refractivity contribution is 0.331. The monoisotopic (exact) mass is 305 g/mol. The first-order valence-electron chi connectivity index (χ1n) is 4.27. The minimum atomic E-state index is -4.04. The van der Waals surface area contributed by atoms with E-state index in [0.29, 0.717) is 11.1 Å². The smallest absolute Gasteiger partial charge is 0.296 e. The molecular weight excluding hydrogens is 298 g/mol. The Morgan fingerprint density at radius 3 is 2.75 bits per heavy atom. The topological polar surface area (TPSA) is 72.8 Å². The van der Waals surface area contributed by atoms with Crippen molar-refractivity contribution in [1.29, 1.82) is 0 Å². The number of isocyanates is 1. The molecule has 0 saturated heterocycles. The summed E-state index contributed by atoms with van der Waals surface area (Å²) in [6, 6.07) is 4.44. The highest BCUT2D eigenvalue weighted by Gasteiger charge is 2.19. The van der Waals surface area contributed by atoms with E-state index < -0.39 is 10.0 Å². The third-order valence-electron chi connectivity index (χ3n) is 1.64. The normalized spacial score (nSPS) is 10.6. The molecule has 0 bridgehead atoms. The number of rotatable bonds is 4. The largest absolute Gasteiger partial charge is 0.492 e. The SMILES string of the molecule is CCOc1ccc(Br)cc1S(=O)(=O)N=C=O. The number of halogens is 1. The van der Waals surface area contributed by atoms with E-state index in [1.54, 1.807) is 13.0 Å². The number of hydrogen-bond donors (Lipinski definition) is 0. The zero-order valence-corrected chi connectivity index (χ0v) is 10.7. The van der Waals surface area contributed by atoms with Gasteiger partial charge in [0.2, 0.25) is 0 Å².